The predicted molar refractivity (Wildman–Crippen MR) is 212 cm³/mol. The van der Waals surface area contributed by atoms with Crippen molar-refractivity contribution in [1.29, 1.82) is 0 Å². The van der Waals surface area contributed by atoms with E-state index in [1.54, 1.807) is 0 Å². The van der Waals surface area contributed by atoms with Gasteiger partial charge in [-0.05, 0) is 131 Å². The summed E-state index contributed by atoms with van der Waals surface area (Å²) >= 11 is 0. The van der Waals surface area contributed by atoms with Crippen molar-refractivity contribution in [1.82, 2.24) is 9.13 Å². The molecule has 0 amide bonds. The number of allylic oxidation sites excluding steroid dienone is 4. The highest BCUT2D eigenvalue weighted by atomic mass is 15.0. The Hall–Kier alpha value is -5.86. The molecule has 2 aromatic heterocycles. The van der Waals surface area contributed by atoms with Gasteiger partial charge in [-0.1, -0.05) is 121 Å². The molecule has 2 nitrogen and oxygen atoms in total. The van der Waals surface area contributed by atoms with Crippen molar-refractivity contribution in [3.8, 4) is 39.5 Å². The van der Waals surface area contributed by atoms with Gasteiger partial charge in [-0.15, -0.1) is 0 Å². The number of benzene rings is 5. The highest BCUT2D eigenvalue weighted by Gasteiger charge is 2.22. The number of rotatable bonds is 6. The average Bonchev–Trinajstić information content (AvgIpc) is 3.82. The molecule has 1 atom stereocenters. The lowest BCUT2D eigenvalue weighted by Crippen LogP contribution is -2.32. The van der Waals surface area contributed by atoms with Crippen LogP contribution >= 0.6 is 0 Å². The van der Waals surface area contributed by atoms with Gasteiger partial charge in [-0.3, -0.25) is 0 Å². The summed E-state index contributed by atoms with van der Waals surface area (Å²) in [5.41, 5.74) is 14.0. The lowest BCUT2D eigenvalue weighted by molar-refractivity contribution is 0.655. The van der Waals surface area contributed by atoms with E-state index in [9.17, 15) is 0 Å². The predicted octanol–water partition coefficient (Wildman–Crippen LogP) is 11.1. The first-order chi connectivity index (χ1) is 24.6. The topological polar surface area (TPSA) is 9.86 Å². The van der Waals surface area contributed by atoms with E-state index in [2.05, 4.69) is 187 Å². The second kappa shape index (κ2) is 12.5. The summed E-state index contributed by atoms with van der Waals surface area (Å²) in [7, 11) is 0. The Balaban J connectivity index is 1.21. The molecule has 0 aliphatic heterocycles. The molecule has 2 heterocycles. The second-order valence-corrected chi connectivity index (χ2v) is 13.8. The fourth-order valence-corrected chi connectivity index (χ4v) is 8.20. The van der Waals surface area contributed by atoms with Crippen molar-refractivity contribution >= 4 is 28.0 Å². The van der Waals surface area contributed by atoms with E-state index in [4.69, 9.17) is 0 Å². The van der Waals surface area contributed by atoms with Crippen molar-refractivity contribution < 1.29 is 0 Å². The molecule has 5 aromatic carbocycles. The van der Waals surface area contributed by atoms with Gasteiger partial charge in [0.2, 0.25) is 0 Å². The summed E-state index contributed by atoms with van der Waals surface area (Å²) in [4.78, 5) is 0. The van der Waals surface area contributed by atoms with Gasteiger partial charge in [-0.25, -0.2) is 0 Å². The average molecular weight is 645 g/mol. The van der Waals surface area contributed by atoms with E-state index >= 15 is 0 Å². The third kappa shape index (κ3) is 5.29. The largest absolute Gasteiger partial charge is 0.333 e. The third-order valence-corrected chi connectivity index (χ3v) is 10.6. The van der Waals surface area contributed by atoms with Crippen molar-refractivity contribution in [3.63, 3.8) is 0 Å². The Morgan fingerprint density at radius 1 is 0.600 bits per heavy atom. The first-order valence-electron chi connectivity index (χ1n) is 17.8. The molecule has 50 heavy (non-hydrogen) atoms. The van der Waals surface area contributed by atoms with Gasteiger partial charge in [0.15, 0.2) is 0 Å². The Morgan fingerprint density at radius 3 is 1.82 bits per heavy atom. The maximum absolute atomic E-state index is 2.56. The first-order valence-corrected chi connectivity index (χ1v) is 17.8. The van der Waals surface area contributed by atoms with Gasteiger partial charge < -0.3 is 9.13 Å². The van der Waals surface area contributed by atoms with Crippen LogP contribution in [0.3, 0.4) is 0 Å². The van der Waals surface area contributed by atoms with E-state index in [0.717, 1.165) is 19.3 Å². The monoisotopic (exact) mass is 644 g/mol. The Kier molecular flexibility index (Phi) is 7.58. The smallest absolute Gasteiger partial charge is 0.0569 e. The van der Waals surface area contributed by atoms with Crippen molar-refractivity contribution in [3.05, 3.63) is 179 Å². The summed E-state index contributed by atoms with van der Waals surface area (Å²) in [5, 5.41) is 5.28. The van der Waals surface area contributed by atoms with Gasteiger partial charge in [-0.2, -0.15) is 0 Å². The molecular weight excluding hydrogens is 605 g/mol. The fourth-order valence-electron chi connectivity index (χ4n) is 8.20. The number of nitrogens with zero attached hydrogens (tertiary/aromatic N) is 2. The summed E-state index contributed by atoms with van der Waals surface area (Å²) < 4.78 is 5.04. The van der Waals surface area contributed by atoms with Crippen LogP contribution in [0.2, 0.25) is 0 Å². The highest BCUT2D eigenvalue weighted by Crippen LogP contribution is 2.37. The first kappa shape index (κ1) is 30.2. The van der Waals surface area contributed by atoms with E-state index in [-0.39, 0.29) is 6.04 Å². The van der Waals surface area contributed by atoms with E-state index in [0.29, 0.717) is 0 Å². The van der Waals surface area contributed by atoms with E-state index in [1.807, 2.05) is 0 Å². The Bertz CT molecular complexity index is 2500. The van der Waals surface area contributed by atoms with E-state index in [1.165, 1.54) is 83.1 Å². The molecule has 7 aromatic rings. The minimum atomic E-state index is 0.202. The van der Waals surface area contributed by atoms with Gasteiger partial charge in [0.25, 0.3) is 0 Å². The molecule has 0 radical (unpaired) electrons. The molecule has 0 N–H and O–H groups in total. The number of aryl methyl sites for hydroxylation is 1. The van der Waals surface area contributed by atoms with Crippen LogP contribution in [-0.2, 0) is 0 Å². The number of fused-ring (bicyclic) bond motifs is 2. The molecule has 242 valence electrons. The molecule has 2 heteroatoms. The lowest BCUT2D eigenvalue weighted by Gasteiger charge is -2.25. The van der Waals surface area contributed by atoms with Crippen molar-refractivity contribution in [2.45, 2.75) is 39.2 Å². The zero-order valence-corrected chi connectivity index (χ0v) is 28.7. The molecule has 0 saturated heterocycles. The maximum Gasteiger partial charge on any atom is 0.0569 e. The SMILES string of the molecule is CC1=c2cc3cc(-n4c(C5=CC=CCC5)ccc4-c4ccccc4)cc(C)c3cc2=CC(n2c(-c3ccccc3)ccc2-c2ccccc2)C1. The number of hydrogen-bond acceptors (Lipinski definition) is 0. The van der Waals surface area contributed by atoms with Crippen LogP contribution in [0, 0.1) is 6.92 Å². The summed E-state index contributed by atoms with van der Waals surface area (Å²) in [6.45, 7) is 4.60. The van der Waals surface area contributed by atoms with Crippen LogP contribution in [0.5, 0.6) is 0 Å². The van der Waals surface area contributed by atoms with Gasteiger partial charge >= 0.3 is 0 Å². The number of hydrogen-bond donors (Lipinski definition) is 0. The van der Waals surface area contributed by atoms with E-state index < -0.39 is 0 Å². The summed E-state index contributed by atoms with van der Waals surface area (Å²) in [6, 6.07) is 51.5. The normalized spacial score (nSPS) is 15.5. The minimum absolute atomic E-state index is 0.202. The van der Waals surface area contributed by atoms with Crippen LogP contribution in [0.15, 0.2) is 158 Å². The fraction of sp³-hybridized carbons (Fsp3) is 0.125. The van der Waals surface area contributed by atoms with Gasteiger partial charge in [0.1, 0.15) is 0 Å². The van der Waals surface area contributed by atoms with Crippen LogP contribution < -0.4 is 10.4 Å². The standard InChI is InChI=1S/C48H40N2/c1-33-27-41(49-45(35-15-7-3-8-16-35)23-24-46(49)36-17-9-4-10-18-36)29-39-32-44-34(2)28-42(30-40(44)31-43(33)39)50-47(37-19-11-5-12-20-37)25-26-48(50)38-21-13-6-14-22-38/h3-13,15-21,23-26,28-32,41H,14,22,27H2,1-2H3. The molecule has 0 saturated carbocycles. The summed E-state index contributed by atoms with van der Waals surface area (Å²) in [5.74, 6) is 0. The quantitative estimate of drug-likeness (QED) is 0.170. The summed E-state index contributed by atoms with van der Waals surface area (Å²) in [6.07, 6.45) is 12.4. The zero-order chi connectivity index (χ0) is 33.6. The molecule has 2 aliphatic rings. The molecule has 9 rings (SSSR count). The molecule has 1 unspecified atom stereocenters. The third-order valence-electron chi connectivity index (χ3n) is 10.6. The highest BCUT2D eigenvalue weighted by molar-refractivity contribution is 5.89. The Labute approximate surface area is 294 Å². The minimum Gasteiger partial charge on any atom is -0.333 e. The van der Waals surface area contributed by atoms with Crippen LogP contribution in [0.1, 0.15) is 43.5 Å². The maximum atomic E-state index is 2.56. The lowest BCUT2D eigenvalue weighted by atomic mass is 9.92. The molecule has 0 bridgehead atoms. The van der Waals surface area contributed by atoms with Crippen molar-refractivity contribution in [2.24, 2.45) is 0 Å². The molecular formula is C48H40N2. The van der Waals surface area contributed by atoms with Crippen molar-refractivity contribution in [2.75, 3.05) is 0 Å². The van der Waals surface area contributed by atoms with Crippen LogP contribution in [0.25, 0.3) is 67.5 Å². The molecule has 0 spiro atoms. The van der Waals surface area contributed by atoms with Gasteiger partial charge in [0.05, 0.1) is 11.7 Å². The zero-order valence-electron chi connectivity index (χ0n) is 28.7. The van der Waals surface area contributed by atoms with Crippen LogP contribution in [-0.4, -0.2) is 9.13 Å². The Morgan fingerprint density at radius 2 is 1.20 bits per heavy atom. The molecule has 2 aliphatic carbocycles. The number of aromatic nitrogens is 2. The molecule has 0 fully saturated rings. The second-order valence-electron chi connectivity index (χ2n) is 13.8. The van der Waals surface area contributed by atoms with Gasteiger partial charge in [0, 0.05) is 22.8 Å². The van der Waals surface area contributed by atoms with Crippen LogP contribution in [0.4, 0.5) is 0 Å².